The van der Waals surface area contributed by atoms with E-state index in [1.54, 1.807) is 0 Å². The smallest absolute Gasteiger partial charge is 0.273 e. The molecular weight excluding hydrogens is 278 g/mol. The summed E-state index contributed by atoms with van der Waals surface area (Å²) >= 11 is 0. The van der Waals surface area contributed by atoms with Gasteiger partial charge in [-0.2, -0.15) is 0 Å². The standard InChI is InChI=1S/C17H29N3O2/c1-2-3-11-14(18)17-20-15(12-22-17)16(21)19-13-9-7-5-4-6-8-10-13/h12-14H,2-11,18H2,1H3,(H,19,21). The number of hydrogen-bond donors (Lipinski definition) is 2. The van der Waals surface area contributed by atoms with Gasteiger partial charge in [0.2, 0.25) is 5.89 Å². The molecule has 1 aromatic heterocycles. The van der Waals surface area contributed by atoms with Gasteiger partial charge in [0.05, 0.1) is 6.04 Å². The van der Waals surface area contributed by atoms with Crippen molar-refractivity contribution in [2.45, 2.75) is 83.2 Å². The van der Waals surface area contributed by atoms with Crippen LogP contribution in [0.3, 0.4) is 0 Å². The minimum absolute atomic E-state index is 0.136. The van der Waals surface area contributed by atoms with Crippen molar-refractivity contribution < 1.29 is 9.21 Å². The second-order valence-corrected chi connectivity index (χ2v) is 6.34. The number of hydrogen-bond acceptors (Lipinski definition) is 4. The first-order valence-corrected chi connectivity index (χ1v) is 8.72. The molecular formula is C17H29N3O2. The average Bonchev–Trinajstić information content (AvgIpc) is 2.97. The Hall–Kier alpha value is -1.36. The van der Waals surface area contributed by atoms with Crippen LogP contribution in [0.15, 0.2) is 10.7 Å². The van der Waals surface area contributed by atoms with Crippen molar-refractivity contribution >= 4 is 5.91 Å². The fourth-order valence-electron chi connectivity index (χ4n) is 2.97. The first-order chi connectivity index (χ1) is 10.7. The molecule has 0 aromatic carbocycles. The molecule has 1 atom stereocenters. The van der Waals surface area contributed by atoms with Crippen molar-refractivity contribution in [2.24, 2.45) is 5.73 Å². The lowest BCUT2D eigenvalue weighted by Gasteiger charge is -2.20. The molecule has 1 aliphatic carbocycles. The molecule has 0 bridgehead atoms. The summed E-state index contributed by atoms with van der Waals surface area (Å²) < 4.78 is 5.38. The molecule has 0 spiro atoms. The molecule has 1 amide bonds. The number of nitrogens with zero attached hydrogens (tertiary/aromatic N) is 1. The fraction of sp³-hybridized carbons (Fsp3) is 0.765. The molecule has 1 unspecified atom stereocenters. The van der Waals surface area contributed by atoms with Crippen LogP contribution in [0.5, 0.6) is 0 Å². The highest BCUT2D eigenvalue weighted by Crippen LogP contribution is 2.19. The van der Waals surface area contributed by atoms with Gasteiger partial charge in [0, 0.05) is 6.04 Å². The van der Waals surface area contributed by atoms with Crippen molar-refractivity contribution in [3.05, 3.63) is 17.8 Å². The monoisotopic (exact) mass is 307 g/mol. The number of amides is 1. The highest BCUT2D eigenvalue weighted by Gasteiger charge is 2.19. The lowest BCUT2D eigenvalue weighted by Crippen LogP contribution is -2.35. The molecule has 2 rings (SSSR count). The molecule has 3 N–H and O–H groups in total. The van der Waals surface area contributed by atoms with E-state index in [2.05, 4.69) is 17.2 Å². The number of oxazole rings is 1. The summed E-state index contributed by atoms with van der Waals surface area (Å²) in [5.41, 5.74) is 6.38. The maximum Gasteiger partial charge on any atom is 0.273 e. The van der Waals surface area contributed by atoms with Crippen LogP contribution in [0.4, 0.5) is 0 Å². The SMILES string of the molecule is CCCCC(N)c1nc(C(=O)NC2CCCCCCC2)co1. The van der Waals surface area contributed by atoms with Gasteiger partial charge in [-0.05, 0) is 19.3 Å². The minimum Gasteiger partial charge on any atom is -0.446 e. The van der Waals surface area contributed by atoms with Crippen LogP contribution in [-0.4, -0.2) is 16.9 Å². The van der Waals surface area contributed by atoms with Crippen LogP contribution in [0.25, 0.3) is 0 Å². The minimum atomic E-state index is -0.220. The highest BCUT2D eigenvalue weighted by molar-refractivity contribution is 5.92. The third-order valence-corrected chi connectivity index (χ3v) is 4.38. The summed E-state index contributed by atoms with van der Waals surface area (Å²) in [6.45, 7) is 2.12. The molecule has 1 aliphatic rings. The molecule has 0 aliphatic heterocycles. The first kappa shape index (κ1) is 17.0. The highest BCUT2D eigenvalue weighted by atomic mass is 16.3. The number of rotatable bonds is 6. The Bertz CT molecular complexity index is 451. The maximum absolute atomic E-state index is 12.3. The second-order valence-electron chi connectivity index (χ2n) is 6.34. The normalized spacial score (nSPS) is 18.5. The predicted molar refractivity (Wildman–Crippen MR) is 86.5 cm³/mol. The zero-order valence-electron chi connectivity index (χ0n) is 13.6. The Kier molecular flexibility index (Phi) is 6.90. The molecule has 1 saturated carbocycles. The number of carbonyl (C=O) groups excluding carboxylic acids is 1. The fourth-order valence-corrected chi connectivity index (χ4v) is 2.97. The van der Waals surface area contributed by atoms with Gasteiger partial charge in [-0.25, -0.2) is 4.98 Å². The number of nitrogens with two attached hydrogens (primary N) is 1. The Balaban J connectivity index is 1.87. The van der Waals surface area contributed by atoms with Crippen molar-refractivity contribution in [1.29, 1.82) is 0 Å². The van der Waals surface area contributed by atoms with Crippen molar-refractivity contribution in [2.75, 3.05) is 0 Å². The van der Waals surface area contributed by atoms with Gasteiger partial charge in [-0.15, -0.1) is 0 Å². The van der Waals surface area contributed by atoms with E-state index in [1.807, 2.05) is 0 Å². The van der Waals surface area contributed by atoms with Gasteiger partial charge < -0.3 is 15.5 Å². The molecule has 22 heavy (non-hydrogen) atoms. The molecule has 1 aromatic rings. The summed E-state index contributed by atoms with van der Waals surface area (Å²) in [7, 11) is 0. The van der Waals surface area contributed by atoms with Crippen molar-refractivity contribution in [3.8, 4) is 0 Å². The molecule has 1 heterocycles. The summed E-state index contributed by atoms with van der Waals surface area (Å²) in [6, 6.07) is 0.0459. The molecule has 5 nitrogen and oxygen atoms in total. The second kappa shape index (κ2) is 8.93. The van der Waals surface area contributed by atoms with E-state index in [0.29, 0.717) is 11.6 Å². The van der Waals surface area contributed by atoms with E-state index < -0.39 is 0 Å². The van der Waals surface area contributed by atoms with Gasteiger partial charge in [0.25, 0.3) is 5.91 Å². The zero-order chi connectivity index (χ0) is 15.8. The Morgan fingerprint density at radius 1 is 1.36 bits per heavy atom. The average molecular weight is 307 g/mol. The van der Waals surface area contributed by atoms with Gasteiger partial charge in [-0.1, -0.05) is 51.9 Å². The van der Waals surface area contributed by atoms with Crippen LogP contribution in [0, 0.1) is 0 Å². The number of nitrogens with one attached hydrogen (secondary N) is 1. The number of aromatic nitrogens is 1. The molecule has 0 radical (unpaired) electrons. The third-order valence-electron chi connectivity index (χ3n) is 4.38. The van der Waals surface area contributed by atoms with Crippen LogP contribution >= 0.6 is 0 Å². The van der Waals surface area contributed by atoms with E-state index >= 15 is 0 Å². The van der Waals surface area contributed by atoms with Gasteiger partial charge in [0.15, 0.2) is 5.69 Å². The lowest BCUT2D eigenvalue weighted by molar-refractivity contribution is 0.0925. The third kappa shape index (κ3) is 5.13. The Morgan fingerprint density at radius 3 is 2.73 bits per heavy atom. The Morgan fingerprint density at radius 2 is 2.05 bits per heavy atom. The van der Waals surface area contributed by atoms with E-state index in [9.17, 15) is 4.79 Å². The molecule has 1 fully saturated rings. The van der Waals surface area contributed by atoms with Crippen LogP contribution in [0.2, 0.25) is 0 Å². The molecule has 0 saturated heterocycles. The maximum atomic E-state index is 12.3. The van der Waals surface area contributed by atoms with Gasteiger partial charge in [0.1, 0.15) is 6.26 Å². The Labute approximate surface area is 133 Å². The predicted octanol–water partition coefficient (Wildman–Crippen LogP) is 3.71. The van der Waals surface area contributed by atoms with Crippen molar-refractivity contribution in [3.63, 3.8) is 0 Å². The first-order valence-electron chi connectivity index (χ1n) is 8.72. The summed E-state index contributed by atoms with van der Waals surface area (Å²) in [5, 5.41) is 3.10. The van der Waals surface area contributed by atoms with Gasteiger partial charge in [-0.3, -0.25) is 4.79 Å². The zero-order valence-corrected chi connectivity index (χ0v) is 13.6. The van der Waals surface area contributed by atoms with Gasteiger partial charge >= 0.3 is 0 Å². The van der Waals surface area contributed by atoms with Crippen LogP contribution in [-0.2, 0) is 0 Å². The van der Waals surface area contributed by atoms with E-state index in [4.69, 9.17) is 10.2 Å². The quantitative estimate of drug-likeness (QED) is 0.839. The van der Waals surface area contributed by atoms with E-state index in [-0.39, 0.29) is 18.0 Å². The van der Waals surface area contributed by atoms with Crippen LogP contribution in [0.1, 0.15) is 93.6 Å². The molecule has 124 valence electrons. The topological polar surface area (TPSA) is 81.1 Å². The summed E-state index contributed by atoms with van der Waals surface area (Å²) in [4.78, 5) is 16.6. The van der Waals surface area contributed by atoms with Crippen LogP contribution < -0.4 is 11.1 Å². The number of unbranched alkanes of at least 4 members (excludes halogenated alkanes) is 1. The van der Waals surface area contributed by atoms with E-state index in [0.717, 1.165) is 32.1 Å². The number of carbonyl (C=O) groups is 1. The summed E-state index contributed by atoms with van der Waals surface area (Å²) in [5.74, 6) is 0.333. The largest absolute Gasteiger partial charge is 0.446 e. The lowest BCUT2D eigenvalue weighted by atomic mass is 9.97. The van der Waals surface area contributed by atoms with E-state index in [1.165, 1.54) is 38.4 Å². The van der Waals surface area contributed by atoms with Crippen molar-refractivity contribution in [1.82, 2.24) is 10.3 Å². The summed E-state index contributed by atoms with van der Waals surface area (Å²) in [6.07, 6.45) is 12.8. The molecule has 5 heteroatoms.